The van der Waals surface area contributed by atoms with E-state index in [4.69, 9.17) is 0 Å². The summed E-state index contributed by atoms with van der Waals surface area (Å²) in [5.41, 5.74) is 4.28. The summed E-state index contributed by atoms with van der Waals surface area (Å²) in [5.74, 6) is 2.71. The molecule has 0 radical (unpaired) electrons. The third kappa shape index (κ3) is 2.61. The molecule has 6 atom stereocenters. The van der Waals surface area contributed by atoms with Gasteiger partial charge in [-0.15, -0.1) is 0 Å². The van der Waals surface area contributed by atoms with Crippen LogP contribution in [-0.2, 0) is 16.6 Å². The molecule has 4 bridgehead atoms. The third-order valence-electron chi connectivity index (χ3n) is 11.4. The predicted molar refractivity (Wildman–Crippen MR) is 135 cm³/mol. The highest BCUT2D eigenvalue weighted by atomic mass is 16.3. The number of allylic oxidation sites excluding steroid dienone is 2. The standard InChI is InChI=1S/C30H37N3O2/c1-31-11-2-3-21(17-31)28(35)33-18-22-15-29-9-8-25(33)27(22)30(29)10-12-32(16-19-4-5-19)26(29)13-20-6-7-23(34)14-24(20)30/h2-3,6-7,11,14,19,22,25-27,34H,4-5,8-10,12-13,15-18H2,1H3/t22-,25?,26?,27?,29-,30?/m1/s1. The van der Waals surface area contributed by atoms with Crippen molar-refractivity contribution in [3.05, 3.63) is 53.3 Å². The molecule has 1 aromatic carbocycles. The molecule has 35 heavy (non-hydrogen) atoms. The number of piperidine rings is 1. The fourth-order valence-corrected chi connectivity index (χ4v) is 10.2. The van der Waals surface area contributed by atoms with Crippen molar-refractivity contribution in [1.29, 1.82) is 0 Å². The van der Waals surface area contributed by atoms with Gasteiger partial charge in [-0.2, -0.15) is 0 Å². The average molecular weight is 472 g/mol. The van der Waals surface area contributed by atoms with Crippen LogP contribution in [0.25, 0.3) is 0 Å². The van der Waals surface area contributed by atoms with E-state index in [9.17, 15) is 9.90 Å². The number of likely N-dealkylation sites (N-methyl/N-ethyl adjacent to an activating group) is 1. The largest absolute Gasteiger partial charge is 0.508 e. The maximum Gasteiger partial charge on any atom is 0.251 e. The van der Waals surface area contributed by atoms with Crippen molar-refractivity contribution in [3.63, 3.8) is 0 Å². The van der Waals surface area contributed by atoms with Gasteiger partial charge in [0.25, 0.3) is 5.91 Å². The van der Waals surface area contributed by atoms with Gasteiger partial charge in [0.15, 0.2) is 0 Å². The molecule has 0 aromatic heterocycles. The quantitative estimate of drug-likeness (QED) is 0.731. The lowest BCUT2D eigenvalue weighted by Gasteiger charge is -2.66. The van der Waals surface area contributed by atoms with Gasteiger partial charge in [-0.1, -0.05) is 12.1 Å². The van der Waals surface area contributed by atoms with Crippen molar-refractivity contribution < 1.29 is 9.90 Å². The van der Waals surface area contributed by atoms with Crippen LogP contribution in [0.5, 0.6) is 5.75 Å². The number of fused-ring (bicyclic) bond motifs is 1. The Labute approximate surface area is 208 Å². The average Bonchev–Trinajstić information content (AvgIpc) is 3.54. The lowest BCUT2D eigenvalue weighted by molar-refractivity contribution is -0.136. The molecule has 3 aliphatic heterocycles. The van der Waals surface area contributed by atoms with Crippen molar-refractivity contribution in [2.45, 2.75) is 62.4 Å². The number of amides is 1. The highest BCUT2D eigenvalue weighted by Crippen LogP contribution is 2.75. The third-order valence-corrected chi connectivity index (χ3v) is 11.4. The van der Waals surface area contributed by atoms with Crippen LogP contribution in [0, 0.1) is 23.2 Å². The number of phenolic OH excluding ortho intramolecular Hbond substituents is 1. The Kier molecular flexibility index (Phi) is 4.14. The fourth-order valence-electron chi connectivity index (χ4n) is 10.2. The number of likely N-dealkylation sites (tertiary alicyclic amines) is 2. The highest BCUT2D eigenvalue weighted by molar-refractivity contribution is 5.95. The summed E-state index contributed by atoms with van der Waals surface area (Å²) in [4.78, 5) is 21.1. The Bertz CT molecular complexity index is 1170. The molecule has 1 N–H and O–H groups in total. The van der Waals surface area contributed by atoms with Crippen LogP contribution in [0.2, 0.25) is 0 Å². The Morgan fingerprint density at radius 1 is 1.20 bits per heavy atom. The molecule has 0 spiro atoms. The first-order valence-electron chi connectivity index (χ1n) is 14.0. The van der Waals surface area contributed by atoms with Gasteiger partial charge in [-0.25, -0.2) is 0 Å². The molecule has 8 rings (SSSR count). The van der Waals surface area contributed by atoms with E-state index in [0.29, 0.717) is 41.6 Å². The molecular formula is C30H37N3O2. The van der Waals surface area contributed by atoms with Crippen molar-refractivity contribution >= 4 is 5.91 Å². The van der Waals surface area contributed by atoms with E-state index in [1.54, 1.807) is 0 Å². The maximum atomic E-state index is 13.8. The topological polar surface area (TPSA) is 47.0 Å². The van der Waals surface area contributed by atoms with Crippen LogP contribution >= 0.6 is 0 Å². The van der Waals surface area contributed by atoms with Gasteiger partial charge in [-0.05, 0) is 110 Å². The fraction of sp³-hybridized carbons (Fsp3) is 0.633. The minimum absolute atomic E-state index is 0.115. The Balaban J connectivity index is 1.22. The number of aromatic hydroxyl groups is 1. The van der Waals surface area contributed by atoms with Gasteiger partial charge in [0.1, 0.15) is 5.75 Å². The molecule has 1 aromatic rings. The molecule has 2 saturated heterocycles. The molecule has 7 aliphatic rings. The number of phenols is 1. The van der Waals surface area contributed by atoms with Crippen LogP contribution in [0.1, 0.15) is 49.7 Å². The zero-order valence-electron chi connectivity index (χ0n) is 20.8. The number of benzene rings is 1. The minimum Gasteiger partial charge on any atom is -0.508 e. The van der Waals surface area contributed by atoms with Crippen molar-refractivity contribution in [3.8, 4) is 5.75 Å². The Morgan fingerprint density at radius 2 is 2.09 bits per heavy atom. The lowest BCUT2D eigenvalue weighted by Crippen LogP contribution is -2.70. The second kappa shape index (κ2) is 6.94. The van der Waals surface area contributed by atoms with E-state index < -0.39 is 0 Å². The van der Waals surface area contributed by atoms with Crippen LogP contribution in [0.15, 0.2) is 42.1 Å². The normalized spacial score (nSPS) is 41.0. The summed E-state index contributed by atoms with van der Waals surface area (Å²) < 4.78 is 0. The van der Waals surface area contributed by atoms with Gasteiger partial charge < -0.3 is 14.9 Å². The molecule has 5 nitrogen and oxygen atoms in total. The van der Waals surface area contributed by atoms with E-state index in [1.165, 1.54) is 56.3 Å². The van der Waals surface area contributed by atoms with Gasteiger partial charge in [0.2, 0.25) is 0 Å². The molecule has 4 unspecified atom stereocenters. The van der Waals surface area contributed by atoms with Gasteiger partial charge in [-0.3, -0.25) is 9.69 Å². The van der Waals surface area contributed by atoms with E-state index in [2.05, 4.69) is 26.8 Å². The van der Waals surface area contributed by atoms with E-state index in [-0.39, 0.29) is 11.3 Å². The van der Waals surface area contributed by atoms with Crippen molar-refractivity contribution in [2.75, 3.05) is 33.2 Å². The number of rotatable bonds is 3. The van der Waals surface area contributed by atoms with Gasteiger partial charge in [0, 0.05) is 49.8 Å². The van der Waals surface area contributed by atoms with Crippen LogP contribution in [0.4, 0.5) is 0 Å². The zero-order valence-corrected chi connectivity index (χ0v) is 20.8. The van der Waals surface area contributed by atoms with Crippen LogP contribution in [0.3, 0.4) is 0 Å². The first-order valence-corrected chi connectivity index (χ1v) is 14.0. The van der Waals surface area contributed by atoms with Crippen LogP contribution < -0.4 is 0 Å². The second-order valence-corrected chi connectivity index (χ2v) is 12.9. The number of carbonyl (C=O) groups is 1. The van der Waals surface area contributed by atoms with E-state index in [0.717, 1.165) is 30.9 Å². The summed E-state index contributed by atoms with van der Waals surface area (Å²) >= 11 is 0. The van der Waals surface area contributed by atoms with Gasteiger partial charge >= 0.3 is 0 Å². The first-order chi connectivity index (χ1) is 17.0. The van der Waals surface area contributed by atoms with E-state index >= 15 is 0 Å². The summed E-state index contributed by atoms with van der Waals surface area (Å²) in [7, 11) is 2.05. The van der Waals surface area contributed by atoms with Crippen molar-refractivity contribution in [2.24, 2.45) is 23.2 Å². The molecule has 3 heterocycles. The van der Waals surface area contributed by atoms with Crippen molar-refractivity contribution in [1.82, 2.24) is 14.7 Å². The van der Waals surface area contributed by atoms with E-state index in [1.807, 2.05) is 31.5 Å². The molecular weight excluding hydrogens is 434 g/mol. The summed E-state index contributed by atoms with van der Waals surface area (Å²) in [6.45, 7) is 4.10. The molecule has 5 fully saturated rings. The maximum absolute atomic E-state index is 13.8. The molecule has 5 heteroatoms. The summed E-state index contributed by atoms with van der Waals surface area (Å²) in [5, 5.41) is 10.6. The molecule has 1 amide bonds. The summed E-state index contributed by atoms with van der Waals surface area (Å²) in [6, 6.07) is 7.23. The summed E-state index contributed by atoms with van der Waals surface area (Å²) in [6.07, 6.45) is 14.9. The SMILES string of the molecule is CN1C=CC=C(C(=O)N2C[C@H]3C[C@@]45CCC2C3C42CCN(CC3CC3)C5Cc3ccc(O)cc32)C1. The number of nitrogens with zero attached hydrogens (tertiary/aromatic N) is 3. The second-order valence-electron chi connectivity index (χ2n) is 12.9. The molecule has 184 valence electrons. The highest BCUT2D eigenvalue weighted by Gasteiger charge is 2.76. The molecule has 4 aliphatic carbocycles. The number of hydrogen-bond acceptors (Lipinski definition) is 4. The number of carbonyl (C=O) groups excluding carboxylic acids is 1. The predicted octanol–water partition coefficient (Wildman–Crippen LogP) is 3.68. The number of hydrogen-bond donors (Lipinski definition) is 1. The Morgan fingerprint density at radius 3 is 2.91 bits per heavy atom. The van der Waals surface area contributed by atoms with Crippen LogP contribution in [-0.4, -0.2) is 71.0 Å². The van der Waals surface area contributed by atoms with Gasteiger partial charge in [0.05, 0.1) is 0 Å². The minimum atomic E-state index is 0.115. The first kappa shape index (κ1) is 20.9. The monoisotopic (exact) mass is 471 g/mol. The zero-order chi connectivity index (χ0) is 23.5. The Hall–Kier alpha value is -2.27. The smallest absolute Gasteiger partial charge is 0.251 e. The lowest BCUT2D eigenvalue weighted by atomic mass is 9.43. The molecule has 3 saturated carbocycles.